The van der Waals surface area contributed by atoms with Gasteiger partial charge in [-0.3, -0.25) is 9.59 Å². The first-order chi connectivity index (χ1) is 9.47. The molecule has 1 aromatic carbocycles. The minimum absolute atomic E-state index is 0.402. The third-order valence-electron chi connectivity index (χ3n) is 2.77. The Labute approximate surface area is 118 Å². The molecule has 0 bridgehead atoms. The standard InChI is InChI=1S/C13H13NO5S/c14-12(13(17)18)9(6-11(15)16)19-8-1-2-10-7(5-8)3-4-20-10/h1-5,9,12H,6,14H2,(H,15,16)(H,17,18)/t9?,12-/m0/s1. The topological polar surface area (TPSA) is 110 Å². The second-order valence-electron chi connectivity index (χ2n) is 4.24. The van der Waals surface area contributed by atoms with Crippen LogP contribution in [0.1, 0.15) is 6.42 Å². The highest BCUT2D eigenvalue weighted by Crippen LogP contribution is 2.26. The van der Waals surface area contributed by atoms with E-state index in [2.05, 4.69) is 0 Å². The van der Waals surface area contributed by atoms with Crippen molar-refractivity contribution < 1.29 is 24.5 Å². The molecule has 0 saturated heterocycles. The zero-order chi connectivity index (χ0) is 14.7. The van der Waals surface area contributed by atoms with Gasteiger partial charge in [-0.1, -0.05) is 0 Å². The molecule has 4 N–H and O–H groups in total. The quantitative estimate of drug-likeness (QED) is 0.745. The summed E-state index contributed by atoms with van der Waals surface area (Å²) >= 11 is 1.57. The number of hydrogen-bond donors (Lipinski definition) is 3. The monoisotopic (exact) mass is 295 g/mol. The Bertz CT molecular complexity index is 638. The van der Waals surface area contributed by atoms with Gasteiger partial charge in [0.1, 0.15) is 17.9 Å². The number of carboxylic acids is 2. The van der Waals surface area contributed by atoms with Crippen LogP contribution in [0.4, 0.5) is 0 Å². The van der Waals surface area contributed by atoms with Crippen LogP contribution in [-0.2, 0) is 9.59 Å². The summed E-state index contributed by atoms with van der Waals surface area (Å²) in [4.78, 5) is 21.7. The lowest BCUT2D eigenvalue weighted by molar-refractivity contribution is -0.143. The Hall–Kier alpha value is -2.12. The van der Waals surface area contributed by atoms with Crippen molar-refractivity contribution in [3.05, 3.63) is 29.6 Å². The fourth-order valence-corrected chi connectivity index (χ4v) is 2.54. The number of thiophene rings is 1. The second-order valence-corrected chi connectivity index (χ2v) is 5.19. The summed E-state index contributed by atoms with van der Waals surface area (Å²) in [5, 5.41) is 20.6. The SMILES string of the molecule is N[C@H](C(=O)O)C(CC(=O)O)Oc1ccc2sccc2c1. The van der Waals surface area contributed by atoms with Crippen LogP contribution in [-0.4, -0.2) is 34.3 Å². The van der Waals surface area contributed by atoms with Gasteiger partial charge in [-0.05, 0) is 35.0 Å². The summed E-state index contributed by atoms with van der Waals surface area (Å²) in [7, 11) is 0. The lowest BCUT2D eigenvalue weighted by atomic mass is 10.1. The van der Waals surface area contributed by atoms with Crippen molar-refractivity contribution in [1.29, 1.82) is 0 Å². The van der Waals surface area contributed by atoms with Gasteiger partial charge in [-0.15, -0.1) is 11.3 Å². The molecule has 7 heteroatoms. The van der Waals surface area contributed by atoms with Crippen LogP contribution < -0.4 is 10.5 Å². The smallest absolute Gasteiger partial charge is 0.324 e. The zero-order valence-electron chi connectivity index (χ0n) is 10.4. The number of rotatable bonds is 6. The van der Waals surface area contributed by atoms with E-state index in [-0.39, 0.29) is 0 Å². The molecule has 1 aromatic heterocycles. The number of nitrogens with two attached hydrogens (primary N) is 1. The average molecular weight is 295 g/mol. The third-order valence-corrected chi connectivity index (χ3v) is 3.67. The van der Waals surface area contributed by atoms with E-state index in [1.165, 1.54) is 0 Å². The Morgan fingerprint density at radius 1 is 1.30 bits per heavy atom. The van der Waals surface area contributed by atoms with Crippen LogP contribution in [0.3, 0.4) is 0 Å². The summed E-state index contributed by atoms with van der Waals surface area (Å²) < 4.78 is 6.51. The normalized spacial score (nSPS) is 13.8. The molecule has 1 unspecified atom stereocenters. The molecule has 2 rings (SSSR count). The molecule has 2 atom stereocenters. The fraction of sp³-hybridized carbons (Fsp3) is 0.231. The molecule has 1 heterocycles. The third kappa shape index (κ3) is 3.25. The number of hydrogen-bond acceptors (Lipinski definition) is 5. The molecule has 106 valence electrons. The van der Waals surface area contributed by atoms with Crippen molar-refractivity contribution in [3.63, 3.8) is 0 Å². The average Bonchev–Trinajstić information content (AvgIpc) is 2.83. The highest BCUT2D eigenvalue weighted by Gasteiger charge is 2.28. The molecular formula is C13H13NO5S. The van der Waals surface area contributed by atoms with Gasteiger partial charge >= 0.3 is 11.9 Å². The van der Waals surface area contributed by atoms with E-state index in [1.807, 2.05) is 17.5 Å². The van der Waals surface area contributed by atoms with Crippen molar-refractivity contribution in [3.8, 4) is 5.75 Å². The molecule has 0 aliphatic carbocycles. The first-order valence-electron chi connectivity index (χ1n) is 5.81. The van der Waals surface area contributed by atoms with Gasteiger partial charge in [0, 0.05) is 4.70 Å². The van der Waals surface area contributed by atoms with Crippen LogP contribution in [0.15, 0.2) is 29.6 Å². The summed E-state index contributed by atoms with van der Waals surface area (Å²) in [5.41, 5.74) is 5.46. The van der Waals surface area contributed by atoms with Crippen molar-refractivity contribution in [2.24, 2.45) is 5.73 Å². The molecule has 2 aromatic rings. The van der Waals surface area contributed by atoms with E-state index >= 15 is 0 Å². The van der Waals surface area contributed by atoms with Gasteiger partial charge < -0.3 is 20.7 Å². The van der Waals surface area contributed by atoms with Gasteiger partial charge in [-0.2, -0.15) is 0 Å². The first-order valence-corrected chi connectivity index (χ1v) is 6.69. The van der Waals surface area contributed by atoms with E-state index in [0.29, 0.717) is 5.75 Å². The lowest BCUT2D eigenvalue weighted by Gasteiger charge is -2.20. The predicted octanol–water partition coefficient (Wildman–Crippen LogP) is 1.54. The summed E-state index contributed by atoms with van der Waals surface area (Å²) in [6, 6.07) is 5.73. The van der Waals surface area contributed by atoms with Crippen molar-refractivity contribution >= 4 is 33.4 Å². The van der Waals surface area contributed by atoms with Crippen molar-refractivity contribution in [2.45, 2.75) is 18.6 Å². The number of carboxylic acid groups (broad SMARTS) is 2. The molecule has 0 aliphatic heterocycles. The van der Waals surface area contributed by atoms with Gasteiger partial charge in [0.2, 0.25) is 0 Å². The van der Waals surface area contributed by atoms with Crippen molar-refractivity contribution in [1.82, 2.24) is 0 Å². The predicted molar refractivity (Wildman–Crippen MR) is 74.1 cm³/mol. The molecule has 0 saturated carbocycles. The molecular weight excluding hydrogens is 282 g/mol. The van der Waals surface area contributed by atoms with Crippen LogP contribution in [0.5, 0.6) is 5.75 Å². The largest absolute Gasteiger partial charge is 0.488 e. The van der Waals surface area contributed by atoms with Gasteiger partial charge in [0.05, 0.1) is 6.42 Å². The van der Waals surface area contributed by atoms with Crippen LogP contribution >= 0.6 is 11.3 Å². The van der Waals surface area contributed by atoms with E-state index in [4.69, 9.17) is 20.7 Å². The number of benzene rings is 1. The molecule has 6 nitrogen and oxygen atoms in total. The Kier molecular flexibility index (Phi) is 4.21. The molecule has 0 fully saturated rings. The Morgan fingerprint density at radius 2 is 2.05 bits per heavy atom. The fourth-order valence-electron chi connectivity index (χ4n) is 1.77. The lowest BCUT2D eigenvalue weighted by Crippen LogP contribution is -2.46. The molecule has 20 heavy (non-hydrogen) atoms. The maximum atomic E-state index is 10.9. The molecule has 0 radical (unpaired) electrons. The first kappa shape index (κ1) is 14.3. The zero-order valence-corrected chi connectivity index (χ0v) is 11.2. The summed E-state index contributed by atoms with van der Waals surface area (Å²) in [5.74, 6) is -2.06. The minimum Gasteiger partial charge on any atom is -0.488 e. The maximum absolute atomic E-state index is 10.9. The van der Waals surface area contributed by atoms with Crippen LogP contribution in [0.2, 0.25) is 0 Å². The van der Waals surface area contributed by atoms with E-state index < -0.39 is 30.5 Å². The highest BCUT2D eigenvalue weighted by atomic mass is 32.1. The van der Waals surface area contributed by atoms with E-state index in [0.717, 1.165) is 10.1 Å². The van der Waals surface area contributed by atoms with Gasteiger partial charge in [0.25, 0.3) is 0 Å². The molecule has 0 amide bonds. The Balaban J connectivity index is 2.21. The Morgan fingerprint density at radius 3 is 2.70 bits per heavy atom. The minimum atomic E-state index is -1.40. The van der Waals surface area contributed by atoms with Gasteiger partial charge in [-0.25, -0.2) is 0 Å². The van der Waals surface area contributed by atoms with Crippen LogP contribution in [0.25, 0.3) is 10.1 Å². The molecule has 0 spiro atoms. The second kappa shape index (κ2) is 5.89. The highest BCUT2D eigenvalue weighted by molar-refractivity contribution is 7.17. The van der Waals surface area contributed by atoms with Gasteiger partial charge in [0.15, 0.2) is 0 Å². The number of ether oxygens (including phenoxy) is 1. The van der Waals surface area contributed by atoms with Crippen molar-refractivity contribution in [2.75, 3.05) is 0 Å². The summed E-state index contributed by atoms with van der Waals surface area (Å²) in [6.45, 7) is 0. The van der Waals surface area contributed by atoms with E-state index in [1.54, 1.807) is 23.5 Å². The summed E-state index contributed by atoms with van der Waals surface area (Å²) in [6.07, 6.45) is -1.60. The number of aliphatic carboxylic acids is 2. The maximum Gasteiger partial charge on any atom is 0.324 e. The van der Waals surface area contributed by atoms with Crippen LogP contribution in [0, 0.1) is 0 Å². The molecule has 0 aliphatic rings. The van der Waals surface area contributed by atoms with E-state index in [9.17, 15) is 9.59 Å². The number of fused-ring (bicyclic) bond motifs is 1. The number of carbonyl (C=O) groups is 2.